The van der Waals surface area contributed by atoms with Gasteiger partial charge in [-0.1, -0.05) is 57.2 Å². The van der Waals surface area contributed by atoms with Crippen molar-refractivity contribution >= 4 is 17.1 Å². The molecule has 4 nitrogen and oxygen atoms in total. The molecule has 1 heterocycles. The minimum atomic E-state index is -0.152. The molecule has 1 aromatic heterocycles. The Labute approximate surface area is 141 Å². The Hall–Kier alpha value is -2.75. The molecule has 0 saturated heterocycles. The number of rotatable bonds is 2. The lowest BCUT2D eigenvalue weighted by Gasteiger charge is -2.18. The summed E-state index contributed by atoms with van der Waals surface area (Å²) >= 11 is 0. The summed E-state index contributed by atoms with van der Waals surface area (Å²) in [6.45, 7) is 8.33. The third kappa shape index (κ3) is 3.13. The maximum atomic E-state index is 12.6. The van der Waals surface area contributed by atoms with E-state index in [1.54, 1.807) is 19.2 Å². The maximum Gasteiger partial charge on any atom is 0.282 e. The second kappa shape index (κ2) is 6.04. The molecule has 4 heteroatoms. The van der Waals surface area contributed by atoms with Crippen molar-refractivity contribution in [2.75, 3.05) is 0 Å². The normalized spacial score (nSPS) is 12.2. The lowest BCUT2D eigenvalue weighted by atomic mass is 9.87. The number of aryl methyl sites for hydroxylation is 1. The van der Waals surface area contributed by atoms with Gasteiger partial charge in [0.2, 0.25) is 0 Å². The Kier molecular flexibility index (Phi) is 4.06. The van der Waals surface area contributed by atoms with Crippen molar-refractivity contribution in [1.82, 2.24) is 9.66 Å². The highest BCUT2D eigenvalue weighted by Crippen LogP contribution is 2.21. The van der Waals surface area contributed by atoms with E-state index in [4.69, 9.17) is 0 Å². The SMILES string of the molecule is Cc1nc2ccccc2c(=O)n1N=Cc1ccc(C(C)(C)C)cc1. The fourth-order valence-electron chi connectivity index (χ4n) is 2.56. The molecule has 3 rings (SSSR count). The van der Waals surface area contributed by atoms with Gasteiger partial charge in [-0.15, -0.1) is 0 Å². The lowest BCUT2D eigenvalue weighted by molar-refractivity contribution is 0.590. The van der Waals surface area contributed by atoms with E-state index in [-0.39, 0.29) is 11.0 Å². The second-order valence-electron chi connectivity index (χ2n) is 6.91. The van der Waals surface area contributed by atoms with Crippen LogP contribution in [0.15, 0.2) is 58.4 Å². The summed E-state index contributed by atoms with van der Waals surface area (Å²) in [4.78, 5) is 17.0. The molecule has 0 amide bonds. The van der Waals surface area contributed by atoms with Gasteiger partial charge in [0.1, 0.15) is 5.82 Å². The molecule has 0 aliphatic rings. The minimum Gasteiger partial charge on any atom is -0.267 e. The average Bonchev–Trinajstić information content (AvgIpc) is 2.54. The molecular weight excluding hydrogens is 298 g/mol. The van der Waals surface area contributed by atoms with Crippen molar-refractivity contribution < 1.29 is 0 Å². The number of fused-ring (bicyclic) bond motifs is 1. The van der Waals surface area contributed by atoms with Gasteiger partial charge in [0.15, 0.2) is 0 Å². The van der Waals surface area contributed by atoms with Crippen LogP contribution in [0.2, 0.25) is 0 Å². The topological polar surface area (TPSA) is 47.2 Å². The van der Waals surface area contributed by atoms with Crippen LogP contribution >= 0.6 is 0 Å². The summed E-state index contributed by atoms with van der Waals surface area (Å²) in [5.41, 5.74) is 2.87. The Morgan fingerprint density at radius 2 is 1.71 bits per heavy atom. The van der Waals surface area contributed by atoms with Crippen LogP contribution in [-0.2, 0) is 5.41 Å². The Balaban J connectivity index is 1.98. The van der Waals surface area contributed by atoms with Crippen LogP contribution in [0.3, 0.4) is 0 Å². The first-order valence-electron chi connectivity index (χ1n) is 7.99. The highest BCUT2D eigenvalue weighted by molar-refractivity contribution is 5.80. The maximum absolute atomic E-state index is 12.6. The van der Waals surface area contributed by atoms with Crippen LogP contribution in [-0.4, -0.2) is 15.9 Å². The third-order valence-electron chi connectivity index (χ3n) is 4.01. The van der Waals surface area contributed by atoms with Crippen molar-refractivity contribution in [2.45, 2.75) is 33.1 Å². The van der Waals surface area contributed by atoms with E-state index in [9.17, 15) is 4.79 Å². The van der Waals surface area contributed by atoms with Crippen molar-refractivity contribution in [3.63, 3.8) is 0 Å². The van der Waals surface area contributed by atoms with E-state index in [0.29, 0.717) is 16.7 Å². The molecule has 0 radical (unpaired) electrons. The summed E-state index contributed by atoms with van der Waals surface area (Å²) in [7, 11) is 0. The number of hydrogen-bond acceptors (Lipinski definition) is 3. The van der Waals surface area contributed by atoms with Crippen LogP contribution < -0.4 is 5.56 Å². The summed E-state index contributed by atoms with van der Waals surface area (Å²) in [5.74, 6) is 0.571. The van der Waals surface area contributed by atoms with Crippen molar-refractivity contribution in [3.05, 3.63) is 75.8 Å². The van der Waals surface area contributed by atoms with Crippen LogP contribution in [0.1, 0.15) is 37.7 Å². The second-order valence-corrected chi connectivity index (χ2v) is 6.91. The molecule has 0 unspecified atom stereocenters. The first-order chi connectivity index (χ1) is 11.4. The molecule has 2 aromatic carbocycles. The van der Waals surface area contributed by atoms with E-state index in [0.717, 1.165) is 5.56 Å². The van der Waals surface area contributed by atoms with Gasteiger partial charge in [-0.3, -0.25) is 4.79 Å². The van der Waals surface area contributed by atoms with Crippen LogP contribution in [0, 0.1) is 6.92 Å². The minimum absolute atomic E-state index is 0.117. The molecule has 0 aliphatic carbocycles. The average molecular weight is 319 g/mol. The molecular formula is C20H21N3O. The summed E-state index contributed by atoms with van der Waals surface area (Å²) in [6, 6.07) is 15.5. The Morgan fingerprint density at radius 1 is 1.04 bits per heavy atom. The fraction of sp³-hybridized carbons (Fsp3) is 0.250. The van der Waals surface area contributed by atoms with Crippen LogP contribution in [0.4, 0.5) is 0 Å². The first-order valence-corrected chi connectivity index (χ1v) is 7.99. The largest absolute Gasteiger partial charge is 0.282 e. The number of benzene rings is 2. The molecule has 0 bridgehead atoms. The number of nitrogens with zero attached hydrogens (tertiary/aromatic N) is 3. The van der Waals surface area contributed by atoms with Gasteiger partial charge in [-0.2, -0.15) is 9.78 Å². The van der Waals surface area contributed by atoms with E-state index in [1.807, 2.05) is 30.3 Å². The van der Waals surface area contributed by atoms with Gasteiger partial charge in [-0.25, -0.2) is 4.98 Å². The van der Waals surface area contributed by atoms with E-state index >= 15 is 0 Å². The Bertz CT molecular complexity index is 961. The zero-order valence-corrected chi connectivity index (χ0v) is 14.4. The zero-order chi connectivity index (χ0) is 17.3. The summed E-state index contributed by atoms with van der Waals surface area (Å²) in [5, 5.41) is 4.91. The lowest BCUT2D eigenvalue weighted by Crippen LogP contribution is -2.20. The standard InChI is InChI=1S/C20H21N3O/c1-14-22-18-8-6-5-7-17(18)19(24)23(14)21-13-15-9-11-16(12-10-15)20(2,3)4/h5-13H,1-4H3. The fourth-order valence-corrected chi connectivity index (χ4v) is 2.56. The predicted octanol–water partition coefficient (Wildman–Crippen LogP) is 3.88. The highest BCUT2D eigenvalue weighted by Gasteiger charge is 2.12. The van der Waals surface area contributed by atoms with Crippen molar-refractivity contribution in [1.29, 1.82) is 0 Å². The van der Waals surface area contributed by atoms with Crippen LogP contribution in [0.25, 0.3) is 10.9 Å². The highest BCUT2D eigenvalue weighted by atomic mass is 16.1. The molecule has 0 aliphatic heterocycles. The van der Waals surface area contributed by atoms with Gasteiger partial charge >= 0.3 is 0 Å². The Morgan fingerprint density at radius 3 is 2.38 bits per heavy atom. The molecule has 0 fully saturated rings. The number of para-hydroxylation sites is 1. The van der Waals surface area contributed by atoms with Gasteiger partial charge in [0, 0.05) is 0 Å². The molecule has 0 atom stereocenters. The molecule has 0 N–H and O–H groups in total. The molecule has 0 saturated carbocycles. The quantitative estimate of drug-likeness (QED) is 0.673. The monoisotopic (exact) mass is 319 g/mol. The van der Waals surface area contributed by atoms with Gasteiger partial charge < -0.3 is 0 Å². The van der Waals surface area contributed by atoms with Gasteiger partial charge in [0.05, 0.1) is 17.1 Å². The van der Waals surface area contributed by atoms with E-state index in [2.05, 4.69) is 43.0 Å². The smallest absolute Gasteiger partial charge is 0.267 e. The van der Waals surface area contributed by atoms with E-state index in [1.165, 1.54) is 10.2 Å². The summed E-state index contributed by atoms with van der Waals surface area (Å²) in [6.07, 6.45) is 1.69. The van der Waals surface area contributed by atoms with Gasteiger partial charge in [0.25, 0.3) is 5.56 Å². The molecule has 3 aromatic rings. The molecule has 0 spiro atoms. The zero-order valence-electron chi connectivity index (χ0n) is 14.4. The van der Waals surface area contributed by atoms with Crippen LogP contribution in [0.5, 0.6) is 0 Å². The van der Waals surface area contributed by atoms with Crippen molar-refractivity contribution in [3.8, 4) is 0 Å². The number of hydrogen-bond donors (Lipinski definition) is 0. The van der Waals surface area contributed by atoms with Crippen molar-refractivity contribution in [2.24, 2.45) is 5.10 Å². The first kappa shape index (κ1) is 16.1. The molecule has 24 heavy (non-hydrogen) atoms. The molecule has 122 valence electrons. The third-order valence-corrected chi connectivity index (χ3v) is 4.01. The summed E-state index contributed by atoms with van der Waals surface area (Å²) < 4.78 is 1.35. The predicted molar refractivity (Wildman–Crippen MR) is 98.9 cm³/mol. The van der Waals surface area contributed by atoms with E-state index < -0.39 is 0 Å². The van der Waals surface area contributed by atoms with Gasteiger partial charge in [-0.05, 0) is 35.6 Å². The number of aromatic nitrogens is 2.